The first kappa shape index (κ1) is 23.3. The van der Waals surface area contributed by atoms with Crippen LogP contribution in [0.25, 0.3) is 0 Å². The first-order chi connectivity index (χ1) is 14.3. The van der Waals surface area contributed by atoms with Gasteiger partial charge in [0.25, 0.3) is 0 Å². The van der Waals surface area contributed by atoms with Gasteiger partial charge < -0.3 is 15.1 Å². The summed E-state index contributed by atoms with van der Waals surface area (Å²) in [5.41, 5.74) is 2.58. The standard InChI is InChI=1S/C22H32N6S.HI/c1-23-21(24-10-9-20-18-29-22(25-20)28-11-5-6-12-28)27-15-13-26(14-16-27)17-19-7-3-2-4-8-19;/h2-4,7-8,18H,5-6,9-17H2,1H3,(H,23,24);1H. The number of halogens is 1. The first-order valence-electron chi connectivity index (χ1n) is 10.7. The average Bonchev–Trinajstić information content (AvgIpc) is 3.45. The summed E-state index contributed by atoms with van der Waals surface area (Å²) in [6, 6.07) is 10.7. The van der Waals surface area contributed by atoms with Crippen LogP contribution in [-0.2, 0) is 13.0 Å². The van der Waals surface area contributed by atoms with Gasteiger partial charge in [0, 0.05) is 71.2 Å². The van der Waals surface area contributed by atoms with Crippen LogP contribution in [0.1, 0.15) is 24.1 Å². The van der Waals surface area contributed by atoms with E-state index in [1.165, 1.54) is 29.2 Å². The smallest absolute Gasteiger partial charge is 0.193 e. The van der Waals surface area contributed by atoms with Crippen molar-refractivity contribution in [2.45, 2.75) is 25.8 Å². The molecule has 2 fully saturated rings. The Kier molecular flexibility index (Phi) is 9.20. The molecule has 3 heterocycles. The van der Waals surface area contributed by atoms with Crippen LogP contribution in [0, 0.1) is 0 Å². The molecule has 0 bridgehead atoms. The number of aromatic nitrogens is 1. The molecular weight excluding hydrogens is 507 g/mol. The lowest BCUT2D eigenvalue weighted by atomic mass is 10.2. The summed E-state index contributed by atoms with van der Waals surface area (Å²) in [4.78, 5) is 16.6. The van der Waals surface area contributed by atoms with Gasteiger partial charge in [0.2, 0.25) is 0 Å². The van der Waals surface area contributed by atoms with Crippen molar-refractivity contribution in [2.24, 2.45) is 4.99 Å². The third-order valence-corrected chi connectivity index (χ3v) is 6.66. The second-order valence-electron chi connectivity index (χ2n) is 7.79. The van der Waals surface area contributed by atoms with Crippen molar-refractivity contribution in [3.63, 3.8) is 0 Å². The molecule has 2 aromatic rings. The molecule has 0 atom stereocenters. The minimum Gasteiger partial charge on any atom is -0.356 e. The number of nitrogens with one attached hydrogen (secondary N) is 1. The van der Waals surface area contributed by atoms with Crippen LogP contribution in [-0.4, -0.2) is 73.6 Å². The number of benzene rings is 1. The van der Waals surface area contributed by atoms with Gasteiger partial charge in [0.1, 0.15) is 0 Å². The van der Waals surface area contributed by atoms with Crippen molar-refractivity contribution in [2.75, 3.05) is 57.8 Å². The summed E-state index contributed by atoms with van der Waals surface area (Å²) in [7, 11) is 1.88. The molecule has 164 valence electrons. The van der Waals surface area contributed by atoms with E-state index in [1.54, 1.807) is 11.3 Å². The largest absolute Gasteiger partial charge is 0.356 e. The zero-order valence-electron chi connectivity index (χ0n) is 17.8. The Labute approximate surface area is 201 Å². The van der Waals surface area contributed by atoms with E-state index in [1.807, 2.05) is 7.05 Å². The second-order valence-corrected chi connectivity index (χ2v) is 8.62. The van der Waals surface area contributed by atoms with E-state index in [0.29, 0.717) is 0 Å². The van der Waals surface area contributed by atoms with E-state index in [9.17, 15) is 0 Å². The molecule has 0 amide bonds. The van der Waals surface area contributed by atoms with Crippen molar-refractivity contribution in [1.29, 1.82) is 0 Å². The van der Waals surface area contributed by atoms with Crippen LogP contribution >= 0.6 is 35.3 Å². The molecule has 0 saturated carbocycles. The van der Waals surface area contributed by atoms with E-state index >= 15 is 0 Å². The first-order valence-corrected chi connectivity index (χ1v) is 11.6. The van der Waals surface area contributed by atoms with Gasteiger partial charge in [-0.2, -0.15) is 0 Å². The summed E-state index contributed by atoms with van der Waals surface area (Å²) >= 11 is 1.78. The number of nitrogens with zero attached hydrogens (tertiary/aromatic N) is 5. The van der Waals surface area contributed by atoms with Crippen LogP contribution in [0.15, 0.2) is 40.7 Å². The molecule has 2 aliphatic heterocycles. The van der Waals surface area contributed by atoms with E-state index in [4.69, 9.17) is 4.98 Å². The fourth-order valence-corrected chi connectivity index (χ4v) is 4.97. The molecule has 0 spiro atoms. The Balaban J connectivity index is 0.00000256. The molecule has 30 heavy (non-hydrogen) atoms. The van der Waals surface area contributed by atoms with Gasteiger partial charge in [0.15, 0.2) is 11.1 Å². The van der Waals surface area contributed by atoms with Crippen molar-refractivity contribution in [3.05, 3.63) is 47.0 Å². The van der Waals surface area contributed by atoms with Crippen LogP contribution in [0.5, 0.6) is 0 Å². The molecule has 0 unspecified atom stereocenters. The summed E-state index contributed by atoms with van der Waals surface area (Å²) in [5, 5.41) is 6.94. The summed E-state index contributed by atoms with van der Waals surface area (Å²) in [6.45, 7) is 8.40. The maximum atomic E-state index is 4.82. The predicted molar refractivity (Wildman–Crippen MR) is 137 cm³/mol. The molecule has 1 aromatic carbocycles. The highest BCUT2D eigenvalue weighted by molar-refractivity contribution is 14.0. The lowest BCUT2D eigenvalue weighted by molar-refractivity contribution is 0.172. The van der Waals surface area contributed by atoms with E-state index < -0.39 is 0 Å². The molecule has 0 aliphatic carbocycles. The molecule has 6 nitrogen and oxygen atoms in total. The molecule has 1 N–H and O–H groups in total. The number of rotatable bonds is 6. The zero-order valence-corrected chi connectivity index (χ0v) is 20.9. The fraction of sp³-hybridized carbons (Fsp3) is 0.545. The van der Waals surface area contributed by atoms with Crippen LogP contribution in [0.4, 0.5) is 5.13 Å². The molecule has 1 aromatic heterocycles. The number of thiazole rings is 1. The number of guanidine groups is 1. The van der Waals surface area contributed by atoms with Crippen molar-refractivity contribution in [1.82, 2.24) is 20.1 Å². The van der Waals surface area contributed by atoms with Crippen molar-refractivity contribution in [3.8, 4) is 0 Å². The minimum absolute atomic E-state index is 0. The third kappa shape index (κ3) is 6.31. The summed E-state index contributed by atoms with van der Waals surface area (Å²) in [6.07, 6.45) is 3.54. The Morgan fingerprint density at radius 3 is 2.50 bits per heavy atom. The average molecular weight is 541 g/mol. The van der Waals surface area contributed by atoms with Crippen LogP contribution in [0.3, 0.4) is 0 Å². The van der Waals surface area contributed by atoms with Crippen molar-refractivity contribution >= 4 is 46.4 Å². The van der Waals surface area contributed by atoms with Gasteiger partial charge in [-0.05, 0) is 18.4 Å². The zero-order chi connectivity index (χ0) is 19.9. The number of piperazine rings is 1. The van der Waals surface area contributed by atoms with Gasteiger partial charge in [-0.1, -0.05) is 30.3 Å². The molecular formula is C22H33IN6S. The van der Waals surface area contributed by atoms with Gasteiger partial charge in [-0.15, -0.1) is 35.3 Å². The monoisotopic (exact) mass is 540 g/mol. The number of anilines is 1. The Hall–Kier alpha value is -1.39. The Morgan fingerprint density at radius 1 is 1.07 bits per heavy atom. The Morgan fingerprint density at radius 2 is 1.80 bits per heavy atom. The van der Waals surface area contributed by atoms with Gasteiger partial charge in [-0.3, -0.25) is 9.89 Å². The third-order valence-electron chi connectivity index (χ3n) is 5.71. The lowest BCUT2D eigenvalue weighted by Gasteiger charge is -2.36. The number of hydrogen-bond donors (Lipinski definition) is 1. The molecule has 4 rings (SSSR count). The normalized spacial score (nSPS) is 17.8. The van der Waals surface area contributed by atoms with Gasteiger partial charge >= 0.3 is 0 Å². The highest BCUT2D eigenvalue weighted by Crippen LogP contribution is 2.24. The molecule has 2 saturated heterocycles. The van der Waals surface area contributed by atoms with Crippen LogP contribution < -0.4 is 10.2 Å². The van der Waals surface area contributed by atoms with Crippen molar-refractivity contribution < 1.29 is 0 Å². The second kappa shape index (κ2) is 11.9. The lowest BCUT2D eigenvalue weighted by Crippen LogP contribution is -2.52. The van der Waals surface area contributed by atoms with Gasteiger partial charge in [-0.25, -0.2) is 4.98 Å². The highest BCUT2D eigenvalue weighted by atomic mass is 127. The summed E-state index contributed by atoms with van der Waals surface area (Å²) < 4.78 is 0. The summed E-state index contributed by atoms with van der Waals surface area (Å²) in [5.74, 6) is 1.01. The quantitative estimate of drug-likeness (QED) is 0.346. The Bertz CT molecular complexity index is 782. The van der Waals surface area contributed by atoms with E-state index in [-0.39, 0.29) is 24.0 Å². The minimum atomic E-state index is 0. The molecule has 0 radical (unpaired) electrons. The SMILES string of the molecule is CN=C(NCCc1csc(N2CCCC2)n1)N1CCN(Cc2ccccc2)CC1.I. The number of aliphatic imine (C=N–C) groups is 1. The maximum Gasteiger partial charge on any atom is 0.193 e. The van der Waals surface area contributed by atoms with Crippen LogP contribution in [0.2, 0.25) is 0 Å². The van der Waals surface area contributed by atoms with E-state index in [0.717, 1.165) is 64.7 Å². The fourth-order valence-electron chi connectivity index (χ4n) is 4.06. The van der Waals surface area contributed by atoms with Gasteiger partial charge in [0.05, 0.1) is 5.69 Å². The predicted octanol–water partition coefficient (Wildman–Crippen LogP) is 3.30. The maximum absolute atomic E-state index is 4.82. The molecule has 2 aliphatic rings. The topological polar surface area (TPSA) is 47.0 Å². The highest BCUT2D eigenvalue weighted by Gasteiger charge is 2.20. The number of hydrogen-bond acceptors (Lipinski definition) is 5. The van der Waals surface area contributed by atoms with E-state index in [2.05, 4.69) is 60.7 Å². The molecule has 8 heteroatoms.